The molecule has 3 nitrogen and oxygen atoms in total. The molecule has 60 valence electrons. The molecule has 1 aromatic rings. The normalized spacial score (nSPS) is 12.9. The standard InChI is InChI=1S/C8H11NO2/c1-6(10)2-7-3-8(11)5-9-4-7/h3-6,10-11H,2H2,1H3/t6-/m0/s1. The first-order valence-corrected chi connectivity index (χ1v) is 3.49. The van der Waals surface area contributed by atoms with Crippen LogP contribution in [-0.2, 0) is 6.42 Å². The summed E-state index contributed by atoms with van der Waals surface area (Å²) in [5.41, 5.74) is 0.847. The number of rotatable bonds is 2. The van der Waals surface area contributed by atoms with Gasteiger partial charge in [-0.2, -0.15) is 0 Å². The zero-order chi connectivity index (χ0) is 8.27. The third-order valence-electron chi connectivity index (χ3n) is 1.31. The van der Waals surface area contributed by atoms with Crippen LogP contribution >= 0.6 is 0 Å². The van der Waals surface area contributed by atoms with Gasteiger partial charge >= 0.3 is 0 Å². The molecule has 0 amide bonds. The van der Waals surface area contributed by atoms with Crippen molar-refractivity contribution >= 4 is 0 Å². The fourth-order valence-corrected chi connectivity index (χ4v) is 0.927. The van der Waals surface area contributed by atoms with E-state index in [0.717, 1.165) is 5.56 Å². The number of aliphatic hydroxyl groups is 1. The van der Waals surface area contributed by atoms with Gasteiger partial charge in [-0.25, -0.2) is 0 Å². The first-order valence-electron chi connectivity index (χ1n) is 3.49. The summed E-state index contributed by atoms with van der Waals surface area (Å²) in [5.74, 6) is 0.142. The van der Waals surface area contributed by atoms with Gasteiger partial charge in [-0.1, -0.05) is 0 Å². The molecule has 1 atom stereocenters. The molecule has 0 saturated carbocycles. The maximum Gasteiger partial charge on any atom is 0.134 e. The minimum atomic E-state index is -0.390. The van der Waals surface area contributed by atoms with Gasteiger partial charge in [-0.15, -0.1) is 0 Å². The highest BCUT2D eigenvalue weighted by Crippen LogP contribution is 2.09. The Morgan fingerprint density at radius 2 is 2.27 bits per heavy atom. The molecule has 1 aromatic heterocycles. The maximum absolute atomic E-state index is 8.99. The van der Waals surface area contributed by atoms with Crippen LogP contribution in [0.15, 0.2) is 18.5 Å². The second-order valence-corrected chi connectivity index (χ2v) is 2.60. The van der Waals surface area contributed by atoms with E-state index in [1.54, 1.807) is 19.2 Å². The molecule has 0 aromatic carbocycles. The molecule has 0 unspecified atom stereocenters. The lowest BCUT2D eigenvalue weighted by Gasteiger charge is -2.02. The minimum Gasteiger partial charge on any atom is -0.506 e. The summed E-state index contributed by atoms with van der Waals surface area (Å²) in [6.07, 6.45) is 3.14. The second-order valence-electron chi connectivity index (χ2n) is 2.60. The van der Waals surface area contributed by atoms with E-state index in [1.807, 2.05) is 0 Å². The predicted octanol–water partition coefficient (Wildman–Crippen LogP) is 0.710. The molecule has 0 fully saturated rings. The molecule has 0 aliphatic carbocycles. The Bertz CT molecular complexity index is 235. The largest absolute Gasteiger partial charge is 0.506 e. The molecule has 0 bridgehead atoms. The summed E-state index contributed by atoms with van der Waals surface area (Å²) in [4.78, 5) is 3.78. The first-order chi connectivity index (χ1) is 5.18. The predicted molar refractivity (Wildman–Crippen MR) is 41.3 cm³/mol. The fraction of sp³-hybridized carbons (Fsp3) is 0.375. The van der Waals surface area contributed by atoms with Crippen molar-refractivity contribution in [2.24, 2.45) is 0 Å². The van der Waals surface area contributed by atoms with Crippen LogP contribution in [0.4, 0.5) is 0 Å². The van der Waals surface area contributed by atoms with Gasteiger partial charge < -0.3 is 10.2 Å². The zero-order valence-corrected chi connectivity index (χ0v) is 6.36. The van der Waals surface area contributed by atoms with Crippen molar-refractivity contribution in [3.05, 3.63) is 24.0 Å². The summed E-state index contributed by atoms with van der Waals surface area (Å²) in [7, 11) is 0. The van der Waals surface area contributed by atoms with Gasteiger partial charge in [0.15, 0.2) is 0 Å². The Balaban J connectivity index is 2.71. The Morgan fingerprint density at radius 1 is 1.55 bits per heavy atom. The highest BCUT2D eigenvalue weighted by molar-refractivity contribution is 5.22. The van der Waals surface area contributed by atoms with Crippen molar-refractivity contribution in [1.82, 2.24) is 4.98 Å². The Kier molecular flexibility index (Phi) is 2.44. The van der Waals surface area contributed by atoms with E-state index in [-0.39, 0.29) is 5.75 Å². The van der Waals surface area contributed by atoms with E-state index in [0.29, 0.717) is 6.42 Å². The molecule has 0 spiro atoms. The first kappa shape index (κ1) is 8.01. The van der Waals surface area contributed by atoms with Crippen molar-refractivity contribution < 1.29 is 10.2 Å². The van der Waals surface area contributed by atoms with Gasteiger partial charge in [-0.05, 0) is 25.0 Å². The van der Waals surface area contributed by atoms with Crippen LogP contribution in [0, 0.1) is 0 Å². The highest BCUT2D eigenvalue weighted by Gasteiger charge is 1.99. The zero-order valence-electron chi connectivity index (χ0n) is 6.36. The lowest BCUT2D eigenvalue weighted by molar-refractivity contribution is 0.195. The smallest absolute Gasteiger partial charge is 0.134 e. The van der Waals surface area contributed by atoms with Gasteiger partial charge in [0.1, 0.15) is 5.75 Å². The van der Waals surface area contributed by atoms with E-state index in [1.165, 1.54) is 6.20 Å². The van der Waals surface area contributed by atoms with Gasteiger partial charge in [0.25, 0.3) is 0 Å². The SMILES string of the molecule is C[C@H](O)Cc1cncc(O)c1. The third-order valence-corrected chi connectivity index (χ3v) is 1.31. The van der Waals surface area contributed by atoms with E-state index in [4.69, 9.17) is 10.2 Å². The molecule has 0 radical (unpaired) electrons. The van der Waals surface area contributed by atoms with Crippen molar-refractivity contribution in [3.8, 4) is 5.75 Å². The molecule has 0 saturated heterocycles. The van der Waals surface area contributed by atoms with Crippen LogP contribution in [0.2, 0.25) is 0 Å². The summed E-state index contributed by atoms with van der Waals surface area (Å²) in [6.45, 7) is 1.70. The Hall–Kier alpha value is -1.09. The topological polar surface area (TPSA) is 53.4 Å². The van der Waals surface area contributed by atoms with Crippen molar-refractivity contribution in [1.29, 1.82) is 0 Å². The summed E-state index contributed by atoms with van der Waals surface area (Å²) >= 11 is 0. The van der Waals surface area contributed by atoms with Crippen LogP contribution in [-0.4, -0.2) is 21.3 Å². The fourth-order valence-electron chi connectivity index (χ4n) is 0.927. The minimum absolute atomic E-state index is 0.142. The Labute approximate surface area is 65.3 Å². The Morgan fingerprint density at radius 3 is 2.82 bits per heavy atom. The molecule has 1 rings (SSSR count). The number of aromatic hydroxyl groups is 1. The van der Waals surface area contributed by atoms with Gasteiger partial charge in [0.2, 0.25) is 0 Å². The average molecular weight is 153 g/mol. The number of aromatic nitrogens is 1. The van der Waals surface area contributed by atoms with E-state index >= 15 is 0 Å². The summed E-state index contributed by atoms with van der Waals surface area (Å²) in [6, 6.07) is 1.60. The number of nitrogens with zero attached hydrogens (tertiary/aromatic N) is 1. The molecule has 0 aliphatic heterocycles. The van der Waals surface area contributed by atoms with Crippen molar-refractivity contribution in [2.45, 2.75) is 19.4 Å². The maximum atomic E-state index is 8.99. The van der Waals surface area contributed by atoms with Crippen molar-refractivity contribution in [2.75, 3.05) is 0 Å². The molecule has 11 heavy (non-hydrogen) atoms. The van der Waals surface area contributed by atoms with Crippen LogP contribution in [0.5, 0.6) is 5.75 Å². The van der Waals surface area contributed by atoms with Gasteiger partial charge in [-0.3, -0.25) is 4.98 Å². The number of hydrogen-bond acceptors (Lipinski definition) is 3. The molecule has 1 heterocycles. The molecule has 0 aliphatic rings. The average Bonchev–Trinajstić information content (AvgIpc) is 1.85. The molecular weight excluding hydrogens is 142 g/mol. The molecular formula is C8H11NO2. The summed E-state index contributed by atoms with van der Waals surface area (Å²) in [5, 5.41) is 18.0. The lowest BCUT2D eigenvalue weighted by atomic mass is 10.1. The highest BCUT2D eigenvalue weighted by atomic mass is 16.3. The molecule has 2 N–H and O–H groups in total. The van der Waals surface area contributed by atoms with Crippen LogP contribution < -0.4 is 0 Å². The van der Waals surface area contributed by atoms with E-state index in [2.05, 4.69) is 4.98 Å². The van der Waals surface area contributed by atoms with Gasteiger partial charge in [0, 0.05) is 6.20 Å². The van der Waals surface area contributed by atoms with Gasteiger partial charge in [0.05, 0.1) is 12.3 Å². The number of aliphatic hydroxyl groups excluding tert-OH is 1. The van der Waals surface area contributed by atoms with Crippen LogP contribution in [0.25, 0.3) is 0 Å². The van der Waals surface area contributed by atoms with Crippen molar-refractivity contribution in [3.63, 3.8) is 0 Å². The quantitative estimate of drug-likeness (QED) is 0.658. The van der Waals surface area contributed by atoms with E-state index < -0.39 is 6.10 Å². The van der Waals surface area contributed by atoms with Crippen LogP contribution in [0.3, 0.4) is 0 Å². The second kappa shape index (κ2) is 3.34. The van der Waals surface area contributed by atoms with E-state index in [9.17, 15) is 0 Å². The number of hydrogen-bond donors (Lipinski definition) is 2. The lowest BCUT2D eigenvalue weighted by Crippen LogP contribution is -2.03. The number of pyridine rings is 1. The van der Waals surface area contributed by atoms with Crippen LogP contribution in [0.1, 0.15) is 12.5 Å². The monoisotopic (exact) mass is 153 g/mol. The third kappa shape index (κ3) is 2.55. The summed E-state index contributed by atoms with van der Waals surface area (Å²) < 4.78 is 0. The molecule has 3 heteroatoms.